The SMILES string of the molecule is C1=CCC2CC[CH-]C2=C1.C1=CCC2CC[CH-]C2=C1.C[Si](C)=[Zr+2]. The predicted octanol–water partition coefficient (Wildman–Crippen LogP) is 5.76. The molecule has 0 amide bonds. The minimum atomic E-state index is 0.210. The van der Waals surface area contributed by atoms with Gasteiger partial charge in [0.25, 0.3) is 0 Å². The second-order valence-corrected chi connectivity index (χ2v) is 16.0. The van der Waals surface area contributed by atoms with Crippen molar-refractivity contribution in [3.63, 3.8) is 0 Å². The van der Waals surface area contributed by atoms with E-state index in [0.29, 0.717) is 0 Å². The summed E-state index contributed by atoms with van der Waals surface area (Å²) in [7, 11) is 0. The van der Waals surface area contributed by atoms with Crippen LogP contribution in [0.4, 0.5) is 0 Å². The van der Waals surface area contributed by atoms with Crippen LogP contribution in [0, 0.1) is 24.7 Å². The van der Waals surface area contributed by atoms with Crippen LogP contribution in [0.25, 0.3) is 0 Å². The van der Waals surface area contributed by atoms with Crippen LogP contribution in [-0.4, -0.2) is 5.43 Å². The maximum absolute atomic E-state index is 2.37. The summed E-state index contributed by atoms with van der Waals surface area (Å²) < 4.78 is 0. The Balaban J connectivity index is 0.000000131. The van der Waals surface area contributed by atoms with Crippen molar-refractivity contribution < 1.29 is 23.3 Å². The zero-order valence-corrected chi connectivity index (χ0v) is 17.5. The van der Waals surface area contributed by atoms with E-state index in [4.69, 9.17) is 0 Å². The molecular weight excluding hydrogens is 360 g/mol. The standard InChI is InChI=1S/2C9H11.C2H6Si.Zr/c2*1-2-5-9-7-3-6-8(9)4-1;1-3-2;/h2*1-2,4,6,9H,3,5,7H2;1-2H3;/q2*-1;;+2. The van der Waals surface area contributed by atoms with Gasteiger partial charge in [0.2, 0.25) is 0 Å². The van der Waals surface area contributed by atoms with Gasteiger partial charge in [0, 0.05) is 0 Å². The van der Waals surface area contributed by atoms with E-state index in [1.807, 2.05) is 0 Å². The molecule has 4 aliphatic carbocycles. The fourth-order valence-electron chi connectivity index (χ4n) is 3.33. The van der Waals surface area contributed by atoms with Gasteiger partial charge >= 0.3 is 41.9 Å². The molecule has 0 spiro atoms. The molecule has 2 heteroatoms. The van der Waals surface area contributed by atoms with Crippen molar-refractivity contribution in [1.29, 1.82) is 0 Å². The topological polar surface area (TPSA) is 0 Å². The molecule has 2 unspecified atom stereocenters. The van der Waals surface area contributed by atoms with Gasteiger partial charge in [-0.1, -0.05) is 12.8 Å². The summed E-state index contributed by atoms with van der Waals surface area (Å²) in [5.41, 5.74) is 3.37. The molecule has 0 saturated heterocycles. The third kappa shape index (κ3) is 6.13. The molecule has 0 heterocycles. The minimum absolute atomic E-state index is 0.210. The first kappa shape index (κ1) is 18.1. The molecule has 4 aliphatic rings. The molecule has 22 heavy (non-hydrogen) atoms. The molecule has 116 valence electrons. The van der Waals surface area contributed by atoms with Crippen LogP contribution < -0.4 is 0 Å². The van der Waals surface area contributed by atoms with E-state index in [1.54, 1.807) is 34.5 Å². The average Bonchev–Trinajstić information content (AvgIpc) is 3.16. The molecule has 0 radical (unpaired) electrons. The normalized spacial score (nSPS) is 26.7. The Morgan fingerprint density at radius 2 is 1.32 bits per heavy atom. The molecule has 0 aromatic heterocycles. The van der Waals surface area contributed by atoms with Crippen LogP contribution in [0.5, 0.6) is 0 Å². The van der Waals surface area contributed by atoms with Crippen molar-refractivity contribution in [3.05, 3.63) is 60.4 Å². The summed E-state index contributed by atoms with van der Waals surface area (Å²) in [5, 5.41) is 0. The van der Waals surface area contributed by atoms with Gasteiger partial charge in [-0.2, -0.15) is 0 Å². The van der Waals surface area contributed by atoms with E-state index in [2.05, 4.69) is 62.4 Å². The molecule has 2 saturated carbocycles. The van der Waals surface area contributed by atoms with Crippen LogP contribution in [0.15, 0.2) is 47.6 Å². The second-order valence-electron chi connectivity index (χ2n) is 6.62. The third-order valence-electron chi connectivity index (χ3n) is 4.42. The molecule has 2 atom stereocenters. The quantitative estimate of drug-likeness (QED) is 0.366. The fourth-order valence-corrected chi connectivity index (χ4v) is 3.33. The molecule has 0 nitrogen and oxygen atoms in total. The van der Waals surface area contributed by atoms with E-state index in [-0.39, 0.29) is 5.43 Å². The summed E-state index contributed by atoms with van der Waals surface area (Å²) in [6, 6.07) is 0. The summed E-state index contributed by atoms with van der Waals surface area (Å²) in [5.74, 6) is 1.77. The molecular formula is C20H28SiZr. The van der Waals surface area contributed by atoms with Gasteiger partial charge in [0.1, 0.15) is 0 Å². The van der Waals surface area contributed by atoms with Crippen LogP contribution in [-0.2, 0) is 23.3 Å². The van der Waals surface area contributed by atoms with Gasteiger partial charge in [0.05, 0.1) is 0 Å². The van der Waals surface area contributed by atoms with Gasteiger partial charge in [-0.05, 0) is 24.7 Å². The number of fused-ring (bicyclic) bond motifs is 2. The first-order valence-electron chi connectivity index (χ1n) is 8.58. The Morgan fingerprint density at radius 1 is 0.909 bits per heavy atom. The number of allylic oxidation sites excluding steroid dienone is 8. The van der Waals surface area contributed by atoms with Crippen molar-refractivity contribution in [1.82, 2.24) is 0 Å². The fraction of sp³-hybridized carbons (Fsp3) is 0.500. The van der Waals surface area contributed by atoms with Crippen LogP contribution in [0.1, 0.15) is 38.5 Å². The van der Waals surface area contributed by atoms with Crippen molar-refractivity contribution in [2.24, 2.45) is 11.8 Å². The Morgan fingerprint density at radius 3 is 1.68 bits per heavy atom. The van der Waals surface area contributed by atoms with E-state index < -0.39 is 0 Å². The third-order valence-corrected chi connectivity index (χ3v) is 4.42. The number of hydrogen-bond donors (Lipinski definition) is 0. The number of hydrogen-bond acceptors (Lipinski definition) is 0. The molecule has 0 N–H and O–H groups in total. The first-order valence-corrected chi connectivity index (χ1v) is 14.8. The van der Waals surface area contributed by atoms with Crippen molar-refractivity contribution in [2.75, 3.05) is 0 Å². The van der Waals surface area contributed by atoms with E-state index in [1.165, 1.54) is 38.5 Å². The van der Waals surface area contributed by atoms with Gasteiger partial charge in [-0.3, -0.25) is 0 Å². The van der Waals surface area contributed by atoms with Crippen molar-refractivity contribution in [2.45, 2.75) is 51.6 Å². The zero-order valence-electron chi connectivity index (χ0n) is 14.0. The average molecular weight is 388 g/mol. The first-order chi connectivity index (χ1) is 10.7. The van der Waals surface area contributed by atoms with E-state index in [0.717, 1.165) is 11.8 Å². The summed E-state index contributed by atoms with van der Waals surface area (Å²) >= 11 is 1.74. The molecule has 4 rings (SSSR count). The number of rotatable bonds is 0. The van der Waals surface area contributed by atoms with Crippen LogP contribution >= 0.6 is 0 Å². The van der Waals surface area contributed by atoms with Crippen molar-refractivity contribution >= 4 is 5.43 Å². The Bertz CT molecular complexity index is 452. The molecule has 0 bridgehead atoms. The Kier molecular flexibility index (Phi) is 8.11. The summed E-state index contributed by atoms with van der Waals surface area (Å²) in [6.45, 7) is 4.62. The second kappa shape index (κ2) is 9.83. The van der Waals surface area contributed by atoms with Gasteiger partial charge in [0.15, 0.2) is 0 Å². The van der Waals surface area contributed by atoms with Gasteiger partial charge < -0.3 is 0 Å². The van der Waals surface area contributed by atoms with Gasteiger partial charge in [-0.25, -0.2) is 36.1 Å². The van der Waals surface area contributed by atoms with Crippen LogP contribution in [0.3, 0.4) is 0 Å². The zero-order chi connectivity index (χ0) is 15.8. The summed E-state index contributed by atoms with van der Waals surface area (Å²) in [6.07, 6.45) is 26.1. The van der Waals surface area contributed by atoms with E-state index >= 15 is 0 Å². The summed E-state index contributed by atoms with van der Waals surface area (Å²) in [4.78, 5) is 0. The van der Waals surface area contributed by atoms with Crippen molar-refractivity contribution in [3.8, 4) is 0 Å². The maximum atomic E-state index is 2.37. The Hall–Kier alpha value is -0.200. The Labute approximate surface area is 152 Å². The predicted molar refractivity (Wildman–Crippen MR) is 95.2 cm³/mol. The monoisotopic (exact) mass is 386 g/mol. The molecule has 0 aromatic carbocycles. The van der Waals surface area contributed by atoms with Gasteiger partial charge in [-0.15, -0.1) is 37.1 Å². The molecule has 2 fully saturated rings. The molecule has 0 aromatic rings. The van der Waals surface area contributed by atoms with Crippen LogP contribution in [0.2, 0.25) is 13.1 Å². The molecule has 0 aliphatic heterocycles. The van der Waals surface area contributed by atoms with E-state index in [9.17, 15) is 0 Å².